The summed E-state index contributed by atoms with van der Waals surface area (Å²) < 4.78 is 0. The number of amides is 2. The molecule has 0 fully saturated rings. The fraction of sp³-hybridized carbons (Fsp3) is 0.333. The Kier molecular flexibility index (Phi) is 4.88. The molecule has 0 unspecified atom stereocenters. The number of anilines is 2. The van der Waals surface area contributed by atoms with Gasteiger partial charge >= 0.3 is 0 Å². The molecule has 4 heteroatoms. The monoisotopic (exact) mass is 336 g/mol. The average molecular weight is 336 g/mol. The zero-order valence-corrected chi connectivity index (χ0v) is 15.0. The summed E-state index contributed by atoms with van der Waals surface area (Å²) in [4.78, 5) is 26.9. The van der Waals surface area contributed by atoms with E-state index in [1.54, 1.807) is 12.1 Å². The molecule has 2 aromatic rings. The molecule has 0 saturated carbocycles. The molecule has 1 aliphatic heterocycles. The second-order valence-corrected chi connectivity index (χ2v) is 6.87. The van der Waals surface area contributed by atoms with Gasteiger partial charge in [0, 0.05) is 23.7 Å². The van der Waals surface area contributed by atoms with E-state index < -0.39 is 0 Å². The number of hydrogen-bond donors (Lipinski definition) is 1. The van der Waals surface area contributed by atoms with E-state index in [1.165, 1.54) is 5.56 Å². The van der Waals surface area contributed by atoms with E-state index in [0.717, 1.165) is 30.6 Å². The van der Waals surface area contributed by atoms with Crippen LogP contribution in [0.3, 0.4) is 0 Å². The smallest absolute Gasteiger partial charge is 0.258 e. The van der Waals surface area contributed by atoms with Gasteiger partial charge in [0.15, 0.2) is 0 Å². The number of hydrogen-bond acceptors (Lipinski definition) is 2. The number of nitrogens with zero attached hydrogens (tertiary/aromatic N) is 1. The summed E-state index contributed by atoms with van der Waals surface area (Å²) in [5, 5.41) is 2.86. The number of para-hydroxylation sites is 1. The summed E-state index contributed by atoms with van der Waals surface area (Å²) in [6.45, 7) is 6.46. The summed E-state index contributed by atoms with van der Waals surface area (Å²) in [5.74, 6) is -0.171. The third-order valence-corrected chi connectivity index (χ3v) is 4.57. The van der Waals surface area contributed by atoms with Crippen LogP contribution in [0.1, 0.15) is 41.8 Å². The molecule has 130 valence electrons. The molecular formula is C21H24N2O2. The van der Waals surface area contributed by atoms with Crippen molar-refractivity contribution in [2.45, 2.75) is 33.6 Å². The Morgan fingerprint density at radius 2 is 1.88 bits per heavy atom. The molecule has 0 bridgehead atoms. The van der Waals surface area contributed by atoms with Crippen molar-refractivity contribution in [1.29, 1.82) is 0 Å². The zero-order valence-electron chi connectivity index (χ0n) is 15.0. The van der Waals surface area contributed by atoms with Crippen LogP contribution in [0.4, 0.5) is 11.4 Å². The lowest BCUT2D eigenvalue weighted by molar-refractivity contribution is -0.118. The maximum atomic E-state index is 13.1. The van der Waals surface area contributed by atoms with Crippen LogP contribution in [0, 0.1) is 12.8 Å². The number of carbonyl (C=O) groups is 2. The number of rotatable bonds is 3. The fourth-order valence-corrected chi connectivity index (χ4v) is 3.22. The minimum absolute atomic E-state index is 0.0177. The lowest BCUT2D eigenvalue weighted by Gasteiger charge is -2.31. The number of fused-ring (bicyclic) bond motifs is 1. The maximum Gasteiger partial charge on any atom is 0.258 e. The Balaban J connectivity index is 1.89. The van der Waals surface area contributed by atoms with Crippen LogP contribution in [0.15, 0.2) is 42.5 Å². The van der Waals surface area contributed by atoms with Crippen LogP contribution in [-0.2, 0) is 11.2 Å². The van der Waals surface area contributed by atoms with Gasteiger partial charge in [-0.2, -0.15) is 0 Å². The van der Waals surface area contributed by atoms with Crippen LogP contribution in [0.2, 0.25) is 0 Å². The fourth-order valence-electron chi connectivity index (χ4n) is 3.22. The highest BCUT2D eigenvalue weighted by Gasteiger charge is 2.25. The summed E-state index contributed by atoms with van der Waals surface area (Å²) in [6.07, 6.45) is 1.97. The van der Waals surface area contributed by atoms with Crippen molar-refractivity contribution in [3.05, 3.63) is 59.2 Å². The molecule has 1 heterocycles. The van der Waals surface area contributed by atoms with E-state index in [2.05, 4.69) is 11.4 Å². The molecule has 0 aromatic heterocycles. The molecule has 1 N–H and O–H groups in total. The first kappa shape index (κ1) is 17.2. The van der Waals surface area contributed by atoms with Gasteiger partial charge in [0.25, 0.3) is 5.91 Å². The van der Waals surface area contributed by atoms with Gasteiger partial charge in [-0.15, -0.1) is 0 Å². The molecule has 25 heavy (non-hydrogen) atoms. The highest BCUT2D eigenvalue weighted by Crippen LogP contribution is 2.31. The Morgan fingerprint density at radius 3 is 2.64 bits per heavy atom. The number of benzene rings is 2. The minimum atomic E-state index is -0.101. The Bertz CT molecular complexity index is 811. The van der Waals surface area contributed by atoms with Gasteiger partial charge in [-0.3, -0.25) is 9.59 Å². The van der Waals surface area contributed by atoms with Crippen LogP contribution in [0.5, 0.6) is 0 Å². The maximum absolute atomic E-state index is 13.1. The first-order valence-electron chi connectivity index (χ1n) is 8.78. The molecule has 4 nitrogen and oxygen atoms in total. The minimum Gasteiger partial charge on any atom is -0.326 e. The van der Waals surface area contributed by atoms with E-state index in [-0.39, 0.29) is 17.7 Å². The predicted molar refractivity (Wildman–Crippen MR) is 101 cm³/mol. The van der Waals surface area contributed by atoms with Gasteiger partial charge in [0.05, 0.1) is 5.69 Å². The molecule has 3 rings (SSSR count). The summed E-state index contributed by atoms with van der Waals surface area (Å²) in [7, 11) is 0. The number of aryl methyl sites for hydroxylation is 2. The molecule has 0 atom stereocenters. The number of nitrogens with one attached hydrogen (secondary N) is 1. The number of carbonyl (C=O) groups excluding carboxylic acids is 2. The lowest BCUT2D eigenvalue weighted by atomic mass is 9.97. The molecule has 1 aliphatic rings. The molecule has 2 amide bonds. The van der Waals surface area contributed by atoms with Gasteiger partial charge in [-0.25, -0.2) is 0 Å². The second kappa shape index (κ2) is 7.09. The third kappa shape index (κ3) is 3.58. The third-order valence-electron chi connectivity index (χ3n) is 4.57. The standard InChI is InChI=1S/C21H24N2O2/c1-14(2)20(24)22-18-11-5-9-17(13-18)21(25)23-12-6-10-16-8-4-7-15(3)19(16)23/h4-5,7-9,11,13-14H,6,10,12H2,1-3H3,(H,22,24). The topological polar surface area (TPSA) is 49.4 Å². The Labute approximate surface area is 148 Å². The van der Waals surface area contributed by atoms with Crippen molar-refractivity contribution in [2.75, 3.05) is 16.8 Å². The molecule has 0 saturated heterocycles. The normalized spacial score (nSPS) is 13.5. The van der Waals surface area contributed by atoms with Gasteiger partial charge in [-0.05, 0) is 49.1 Å². The van der Waals surface area contributed by atoms with Crippen molar-refractivity contribution in [3.63, 3.8) is 0 Å². The van der Waals surface area contributed by atoms with E-state index in [4.69, 9.17) is 0 Å². The summed E-state index contributed by atoms with van der Waals surface area (Å²) in [6, 6.07) is 13.4. The van der Waals surface area contributed by atoms with E-state index in [9.17, 15) is 9.59 Å². The van der Waals surface area contributed by atoms with E-state index in [0.29, 0.717) is 11.3 Å². The molecule has 0 aliphatic carbocycles. The van der Waals surface area contributed by atoms with E-state index in [1.807, 2.05) is 49.9 Å². The quantitative estimate of drug-likeness (QED) is 0.914. The summed E-state index contributed by atoms with van der Waals surface area (Å²) in [5.41, 5.74) is 4.64. The molecule has 2 aromatic carbocycles. The van der Waals surface area contributed by atoms with Crippen LogP contribution in [-0.4, -0.2) is 18.4 Å². The van der Waals surface area contributed by atoms with Crippen molar-refractivity contribution in [3.8, 4) is 0 Å². The molecule has 0 spiro atoms. The largest absolute Gasteiger partial charge is 0.326 e. The molecular weight excluding hydrogens is 312 g/mol. The second-order valence-electron chi connectivity index (χ2n) is 6.87. The van der Waals surface area contributed by atoms with Gasteiger partial charge < -0.3 is 10.2 Å². The Hall–Kier alpha value is -2.62. The van der Waals surface area contributed by atoms with Gasteiger partial charge in [0.1, 0.15) is 0 Å². The van der Waals surface area contributed by atoms with Crippen molar-refractivity contribution >= 4 is 23.2 Å². The van der Waals surface area contributed by atoms with Crippen molar-refractivity contribution < 1.29 is 9.59 Å². The van der Waals surface area contributed by atoms with Crippen LogP contribution >= 0.6 is 0 Å². The first-order chi connectivity index (χ1) is 12.0. The highest BCUT2D eigenvalue weighted by atomic mass is 16.2. The zero-order chi connectivity index (χ0) is 18.0. The van der Waals surface area contributed by atoms with Gasteiger partial charge in [0.2, 0.25) is 5.91 Å². The van der Waals surface area contributed by atoms with Crippen molar-refractivity contribution in [2.24, 2.45) is 5.92 Å². The van der Waals surface area contributed by atoms with Crippen LogP contribution in [0.25, 0.3) is 0 Å². The predicted octanol–water partition coefficient (Wildman–Crippen LogP) is 4.18. The Morgan fingerprint density at radius 1 is 1.12 bits per heavy atom. The van der Waals surface area contributed by atoms with Crippen LogP contribution < -0.4 is 10.2 Å². The SMILES string of the molecule is Cc1cccc2c1N(C(=O)c1cccc(NC(=O)C(C)C)c1)CCC2. The molecule has 0 radical (unpaired) electrons. The van der Waals surface area contributed by atoms with E-state index >= 15 is 0 Å². The first-order valence-corrected chi connectivity index (χ1v) is 8.78. The lowest BCUT2D eigenvalue weighted by Crippen LogP contribution is -2.36. The average Bonchev–Trinajstić information content (AvgIpc) is 2.61. The van der Waals surface area contributed by atoms with Gasteiger partial charge in [-0.1, -0.05) is 38.1 Å². The van der Waals surface area contributed by atoms with Crippen molar-refractivity contribution in [1.82, 2.24) is 0 Å². The summed E-state index contributed by atoms with van der Waals surface area (Å²) >= 11 is 0. The highest BCUT2D eigenvalue weighted by molar-refractivity contribution is 6.08.